The van der Waals surface area contributed by atoms with Crippen molar-refractivity contribution in [3.8, 4) is 0 Å². The molecule has 1 heterocycles. The normalized spacial score (nSPS) is 23.6. The van der Waals surface area contributed by atoms with Crippen LogP contribution in [0.1, 0.15) is 57.8 Å². The zero-order valence-electron chi connectivity index (χ0n) is 11.5. The Kier molecular flexibility index (Phi) is 5.19. The number of hydrogen-bond acceptors (Lipinski definition) is 3. The maximum atomic E-state index is 12.1. The predicted octanol–water partition coefficient (Wildman–Crippen LogP) is 2.67. The minimum Gasteiger partial charge on any atom is -0.381 e. The van der Waals surface area contributed by atoms with Crippen molar-refractivity contribution < 1.29 is 9.53 Å². The molecule has 1 saturated carbocycles. The van der Waals surface area contributed by atoms with E-state index in [-0.39, 0.29) is 5.41 Å². The van der Waals surface area contributed by atoms with Crippen molar-refractivity contribution in [1.82, 2.24) is 0 Å². The number of nitrogens with two attached hydrogens (primary N) is 1. The first-order chi connectivity index (χ1) is 8.77. The molecular formula is C15H27NO2. The van der Waals surface area contributed by atoms with Gasteiger partial charge in [-0.05, 0) is 38.0 Å². The fraction of sp³-hybridized carbons (Fsp3) is 0.933. The van der Waals surface area contributed by atoms with Gasteiger partial charge < -0.3 is 10.5 Å². The number of ether oxygens (including phenoxy) is 1. The van der Waals surface area contributed by atoms with Gasteiger partial charge in [0.1, 0.15) is 5.78 Å². The second kappa shape index (κ2) is 6.67. The van der Waals surface area contributed by atoms with Crippen LogP contribution in [0.3, 0.4) is 0 Å². The van der Waals surface area contributed by atoms with Gasteiger partial charge in [-0.25, -0.2) is 0 Å². The maximum absolute atomic E-state index is 12.1. The predicted molar refractivity (Wildman–Crippen MR) is 72.4 cm³/mol. The van der Waals surface area contributed by atoms with Gasteiger partial charge in [0.25, 0.3) is 0 Å². The molecule has 0 atom stereocenters. The van der Waals surface area contributed by atoms with E-state index in [1.807, 2.05) is 0 Å². The highest BCUT2D eigenvalue weighted by Crippen LogP contribution is 2.41. The van der Waals surface area contributed by atoms with Gasteiger partial charge in [0.2, 0.25) is 0 Å². The van der Waals surface area contributed by atoms with E-state index in [9.17, 15) is 4.79 Å². The van der Waals surface area contributed by atoms with Gasteiger partial charge in [0, 0.05) is 31.6 Å². The summed E-state index contributed by atoms with van der Waals surface area (Å²) in [6.45, 7) is 2.42. The summed E-state index contributed by atoms with van der Waals surface area (Å²) in [4.78, 5) is 12.1. The molecule has 0 radical (unpaired) electrons. The summed E-state index contributed by atoms with van der Waals surface area (Å²) in [7, 11) is 0. The first kappa shape index (κ1) is 14.0. The Morgan fingerprint density at radius 1 is 1.22 bits per heavy atom. The van der Waals surface area contributed by atoms with Gasteiger partial charge in [-0.3, -0.25) is 4.79 Å². The number of ketones is 1. The molecule has 1 saturated heterocycles. The minimum absolute atomic E-state index is 0.112. The zero-order chi connectivity index (χ0) is 12.8. The van der Waals surface area contributed by atoms with Crippen LogP contribution in [0.2, 0.25) is 0 Å². The second-order valence-corrected chi connectivity index (χ2v) is 6.06. The third kappa shape index (κ3) is 3.33. The third-order valence-electron chi connectivity index (χ3n) is 4.90. The molecule has 2 rings (SSSR count). The van der Waals surface area contributed by atoms with Crippen molar-refractivity contribution in [3.05, 3.63) is 0 Å². The fourth-order valence-electron chi connectivity index (χ4n) is 3.22. The van der Waals surface area contributed by atoms with Gasteiger partial charge in [-0.2, -0.15) is 0 Å². The van der Waals surface area contributed by atoms with E-state index in [0.29, 0.717) is 12.3 Å². The summed E-state index contributed by atoms with van der Waals surface area (Å²) in [6, 6.07) is 0. The van der Waals surface area contributed by atoms with Crippen LogP contribution in [0.4, 0.5) is 0 Å². The van der Waals surface area contributed by atoms with E-state index < -0.39 is 0 Å². The van der Waals surface area contributed by atoms with E-state index in [1.54, 1.807) is 0 Å². The number of hydrogen-bond donors (Lipinski definition) is 1. The lowest BCUT2D eigenvalue weighted by molar-refractivity contribution is -0.132. The van der Waals surface area contributed by atoms with Crippen molar-refractivity contribution >= 4 is 5.78 Å². The quantitative estimate of drug-likeness (QED) is 0.710. The molecule has 0 bridgehead atoms. The Bertz CT molecular complexity index is 262. The number of Topliss-reactive ketones (excluding diaryl/α,β-unsaturated/α-hetero) is 1. The fourth-order valence-corrected chi connectivity index (χ4v) is 3.22. The van der Waals surface area contributed by atoms with Crippen molar-refractivity contribution in [2.24, 2.45) is 17.1 Å². The van der Waals surface area contributed by atoms with E-state index in [2.05, 4.69) is 0 Å². The van der Waals surface area contributed by atoms with E-state index in [1.165, 1.54) is 32.1 Å². The monoisotopic (exact) mass is 253 g/mol. The van der Waals surface area contributed by atoms with Gasteiger partial charge in [0.05, 0.1) is 0 Å². The second-order valence-electron chi connectivity index (χ2n) is 6.06. The van der Waals surface area contributed by atoms with Gasteiger partial charge in [-0.1, -0.05) is 19.3 Å². The largest absolute Gasteiger partial charge is 0.381 e. The molecule has 0 aromatic rings. The summed E-state index contributed by atoms with van der Waals surface area (Å²) in [5, 5.41) is 0. The molecule has 104 valence electrons. The third-order valence-corrected chi connectivity index (χ3v) is 4.90. The van der Waals surface area contributed by atoms with Crippen molar-refractivity contribution in [2.45, 2.75) is 57.8 Å². The molecule has 3 heteroatoms. The lowest BCUT2D eigenvalue weighted by atomic mass is 9.65. The van der Waals surface area contributed by atoms with E-state index in [0.717, 1.165) is 44.8 Å². The van der Waals surface area contributed by atoms with Crippen LogP contribution in [0.25, 0.3) is 0 Å². The summed E-state index contributed by atoms with van der Waals surface area (Å²) in [5.74, 6) is 1.27. The van der Waals surface area contributed by atoms with Gasteiger partial charge >= 0.3 is 0 Å². The van der Waals surface area contributed by atoms with Crippen LogP contribution in [0, 0.1) is 11.3 Å². The number of unbranched alkanes of at least 4 members (excludes halogenated alkanes) is 1. The van der Waals surface area contributed by atoms with Gasteiger partial charge in [0.15, 0.2) is 0 Å². The summed E-state index contributed by atoms with van der Waals surface area (Å²) in [6.07, 6.45) is 9.93. The average Bonchev–Trinajstić information content (AvgIpc) is 2.35. The summed E-state index contributed by atoms with van der Waals surface area (Å²) >= 11 is 0. The highest BCUT2D eigenvalue weighted by molar-refractivity contribution is 5.85. The lowest BCUT2D eigenvalue weighted by Gasteiger charge is -2.39. The van der Waals surface area contributed by atoms with Crippen LogP contribution < -0.4 is 5.73 Å². The highest BCUT2D eigenvalue weighted by atomic mass is 16.5. The maximum Gasteiger partial charge on any atom is 0.140 e. The molecule has 18 heavy (non-hydrogen) atoms. The molecule has 2 fully saturated rings. The molecule has 0 aromatic carbocycles. The molecule has 1 aliphatic carbocycles. The van der Waals surface area contributed by atoms with Crippen molar-refractivity contribution in [1.29, 1.82) is 0 Å². The van der Waals surface area contributed by atoms with Crippen LogP contribution in [0.15, 0.2) is 0 Å². The van der Waals surface area contributed by atoms with Crippen LogP contribution in [-0.4, -0.2) is 25.5 Å². The highest BCUT2D eigenvalue weighted by Gasteiger charge is 2.41. The van der Waals surface area contributed by atoms with Gasteiger partial charge in [-0.15, -0.1) is 0 Å². The van der Waals surface area contributed by atoms with Crippen LogP contribution in [-0.2, 0) is 9.53 Å². The molecular weight excluding hydrogens is 226 g/mol. The molecule has 0 spiro atoms. The van der Waals surface area contributed by atoms with Crippen molar-refractivity contribution in [2.75, 3.05) is 19.8 Å². The Hall–Kier alpha value is -0.410. The molecule has 3 nitrogen and oxygen atoms in total. The average molecular weight is 253 g/mol. The Labute approximate surface area is 110 Å². The van der Waals surface area contributed by atoms with Crippen LogP contribution in [0.5, 0.6) is 0 Å². The van der Waals surface area contributed by atoms with Crippen LogP contribution >= 0.6 is 0 Å². The Balaban J connectivity index is 1.58. The first-order valence-corrected chi connectivity index (χ1v) is 7.58. The molecule has 2 N–H and O–H groups in total. The summed E-state index contributed by atoms with van der Waals surface area (Å²) < 4.78 is 5.36. The number of carbonyl (C=O) groups is 1. The lowest BCUT2D eigenvalue weighted by Crippen LogP contribution is -2.44. The van der Waals surface area contributed by atoms with E-state index in [4.69, 9.17) is 10.5 Å². The summed E-state index contributed by atoms with van der Waals surface area (Å²) in [5.41, 5.74) is 5.64. The first-order valence-electron chi connectivity index (χ1n) is 7.58. The SMILES string of the molecule is NCC1(C(=O)CCCCC2CCOCC2)CCC1. The number of carbonyl (C=O) groups excluding carboxylic acids is 1. The molecule has 0 aromatic heterocycles. The van der Waals surface area contributed by atoms with Crippen molar-refractivity contribution in [3.63, 3.8) is 0 Å². The molecule has 1 aliphatic heterocycles. The molecule has 0 unspecified atom stereocenters. The Morgan fingerprint density at radius 2 is 1.94 bits per heavy atom. The number of rotatable bonds is 7. The van der Waals surface area contributed by atoms with E-state index >= 15 is 0 Å². The standard InChI is InChI=1S/C15H27NO2/c16-12-15(8-3-9-15)14(17)5-2-1-4-13-6-10-18-11-7-13/h13H,1-12,16H2. The molecule has 0 amide bonds. The molecule has 2 aliphatic rings. The zero-order valence-corrected chi connectivity index (χ0v) is 11.5. The minimum atomic E-state index is -0.112. The smallest absolute Gasteiger partial charge is 0.140 e. The topological polar surface area (TPSA) is 52.3 Å². The Morgan fingerprint density at radius 3 is 2.50 bits per heavy atom.